The molecule has 8 nitrogen and oxygen atoms in total. The van der Waals surface area contributed by atoms with E-state index in [1.165, 1.54) is 0 Å². The van der Waals surface area contributed by atoms with Gasteiger partial charge in [-0.05, 0) is 19.9 Å². The molecule has 2 heterocycles. The number of nitrogens with one attached hydrogen (secondary N) is 1. The summed E-state index contributed by atoms with van der Waals surface area (Å²) in [5, 5.41) is 11.7. The third-order valence-corrected chi connectivity index (χ3v) is 4.85. The van der Waals surface area contributed by atoms with E-state index >= 15 is 0 Å². The number of rotatable bonds is 6. The monoisotopic (exact) mass is 366 g/mol. The highest BCUT2D eigenvalue weighted by molar-refractivity contribution is 5.65. The van der Waals surface area contributed by atoms with Gasteiger partial charge in [0.05, 0.1) is 32.9 Å². The van der Waals surface area contributed by atoms with Crippen LogP contribution in [-0.2, 0) is 16.0 Å². The Morgan fingerprint density at radius 3 is 2.73 bits per heavy atom. The van der Waals surface area contributed by atoms with Crippen molar-refractivity contribution in [2.45, 2.75) is 44.4 Å². The van der Waals surface area contributed by atoms with Gasteiger partial charge < -0.3 is 29.4 Å². The van der Waals surface area contributed by atoms with E-state index in [-0.39, 0.29) is 18.2 Å². The fourth-order valence-corrected chi connectivity index (χ4v) is 3.64. The van der Waals surface area contributed by atoms with Crippen molar-refractivity contribution >= 4 is 6.09 Å². The Labute approximate surface area is 153 Å². The second-order valence-electron chi connectivity index (χ2n) is 7.02. The molecule has 0 radical (unpaired) electrons. The second kappa shape index (κ2) is 7.30. The predicted octanol–water partition coefficient (Wildman–Crippen LogP) is 1.68. The Kier molecular flexibility index (Phi) is 5.27. The minimum atomic E-state index is -1.03. The molecule has 1 unspecified atom stereocenters. The maximum Gasteiger partial charge on any atom is 0.404 e. The summed E-state index contributed by atoms with van der Waals surface area (Å²) in [7, 11) is 3.23. The van der Waals surface area contributed by atoms with Crippen LogP contribution in [0.15, 0.2) is 18.2 Å². The maximum atomic E-state index is 11.1. The van der Waals surface area contributed by atoms with Crippen molar-refractivity contribution in [3.8, 4) is 11.5 Å². The van der Waals surface area contributed by atoms with Crippen LogP contribution in [0.1, 0.15) is 19.4 Å². The maximum absolute atomic E-state index is 11.1. The minimum Gasteiger partial charge on any atom is -0.497 e. The SMILES string of the molecule is COc1ccc(CN2C[C@H](NC(=O)O)[C@H]2C2COC(C)(C)O2)c(OC)c1. The molecule has 144 valence electrons. The first kappa shape index (κ1) is 18.8. The molecule has 8 heteroatoms. The molecular formula is C18H26N2O6. The summed E-state index contributed by atoms with van der Waals surface area (Å²) >= 11 is 0. The number of benzene rings is 1. The number of carbonyl (C=O) groups is 1. The first-order chi connectivity index (χ1) is 12.3. The lowest BCUT2D eigenvalue weighted by atomic mass is 9.90. The first-order valence-electron chi connectivity index (χ1n) is 8.59. The van der Waals surface area contributed by atoms with Gasteiger partial charge in [0.25, 0.3) is 0 Å². The van der Waals surface area contributed by atoms with Crippen molar-refractivity contribution < 1.29 is 28.8 Å². The van der Waals surface area contributed by atoms with Gasteiger partial charge in [0.1, 0.15) is 17.6 Å². The van der Waals surface area contributed by atoms with Crippen molar-refractivity contribution in [3.05, 3.63) is 23.8 Å². The van der Waals surface area contributed by atoms with Gasteiger partial charge in [-0.1, -0.05) is 6.07 Å². The van der Waals surface area contributed by atoms with E-state index in [2.05, 4.69) is 10.2 Å². The highest BCUT2D eigenvalue weighted by atomic mass is 16.7. The van der Waals surface area contributed by atoms with Crippen LogP contribution in [0.2, 0.25) is 0 Å². The Morgan fingerprint density at radius 2 is 2.15 bits per heavy atom. The Bertz CT molecular complexity index is 665. The molecule has 1 aromatic carbocycles. The van der Waals surface area contributed by atoms with Crippen molar-refractivity contribution in [2.24, 2.45) is 0 Å². The van der Waals surface area contributed by atoms with Gasteiger partial charge in [0, 0.05) is 24.7 Å². The van der Waals surface area contributed by atoms with E-state index in [4.69, 9.17) is 24.1 Å². The first-order valence-corrected chi connectivity index (χ1v) is 8.59. The summed E-state index contributed by atoms with van der Waals surface area (Å²) in [6.45, 7) is 5.39. The molecule has 0 spiro atoms. The van der Waals surface area contributed by atoms with Gasteiger partial charge in [0.15, 0.2) is 5.79 Å². The number of carboxylic acid groups (broad SMARTS) is 1. The molecule has 2 aliphatic rings. The smallest absolute Gasteiger partial charge is 0.404 e. The van der Waals surface area contributed by atoms with Crippen LogP contribution >= 0.6 is 0 Å². The number of ether oxygens (including phenoxy) is 4. The van der Waals surface area contributed by atoms with E-state index in [0.29, 0.717) is 19.7 Å². The van der Waals surface area contributed by atoms with E-state index in [9.17, 15) is 4.79 Å². The Hall–Kier alpha value is -2.03. The fraction of sp³-hybridized carbons (Fsp3) is 0.611. The molecule has 26 heavy (non-hydrogen) atoms. The largest absolute Gasteiger partial charge is 0.497 e. The summed E-state index contributed by atoms with van der Waals surface area (Å²) in [5.41, 5.74) is 1.00. The molecule has 0 aromatic heterocycles. The van der Waals surface area contributed by atoms with Crippen molar-refractivity contribution in [3.63, 3.8) is 0 Å². The van der Waals surface area contributed by atoms with Gasteiger partial charge in [-0.2, -0.15) is 0 Å². The molecule has 1 amide bonds. The summed E-state index contributed by atoms with van der Waals surface area (Å²) in [4.78, 5) is 13.3. The fourth-order valence-electron chi connectivity index (χ4n) is 3.64. The van der Waals surface area contributed by atoms with Crippen molar-refractivity contribution in [1.82, 2.24) is 10.2 Å². The molecular weight excluding hydrogens is 340 g/mol. The van der Waals surface area contributed by atoms with Crippen LogP contribution in [0.4, 0.5) is 4.79 Å². The van der Waals surface area contributed by atoms with Crippen LogP contribution in [0, 0.1) is 0 Å². The highest BCUT2D eigenvalue weighted by Crippen LogP contribution is 2.34. The molecule has 2 aliphatic heterocycles. The summed E-state index contributed by atoms with van der Waals surface area (Å²) in [6.07, 6.45) is -1.22. The zero-order chi connectivity index (χ0) is 18.9. The molecule has 2 saturated heterocycles. The van der Waals surface area contributed by atoms with Crippen molar-refractivity contribution in [1.29, 1.82) is 0 Å². The third-order valence-electron chi connectivity index (χ3n) is 4.85. The minimum absolute atomic E-state index is 0.0975. The molecule has 3 atom stereocenters. The average molecular weight is 366 g/mol. The molecule has 0 aliphatic carbocycles. The second-order valence-corrected chi connectivity index (χ2v) is 7.02. The van der Waals surface area contributed by atoms with Crippen LogP contribution < -0.4 is 14.8 Å². The number of methoxy groups -OCH3 is 2. The van der Waals surface area contributed by atoms with E-state index in [1.807, 2.05) is 32.0 Å². The molecule has 2 N–H and O–H groups in total. The third kappa shape index (κ3) is 3.87. The number of amides is 1. The number of hydrogen-bond donors (Lipinski definition) is 2. The molecule has 0 saturated carbocycles. The van der Waals surface area contributed by atoms with Gasteiger partial charge >= 0.3 is 6.09 Å². The summed E-state index contributed by atoms with van der Waals surface area (Å²) in [6, 6.07) is 5.40. The molecule has 0 bridgehead atoms. The Morgan fingerprint density at radius 1 is 1.38 bits per heavy atom. The average Bonchev–Trinajstić information content (AvgIpc) is 2.92. The number of hydrogen-bond acceptors (Lipinski definition) is 6. The van der Waals surface area contributed by atoms with Crippen LogP contribution in [0.3, 0.4) is 0 Å². The van der Waals surface area contributed by atoms with E-state index in [0.717, 1.165) is 17.1 Å². The van der Waals surface area contributed by atoms with Gasteiger partial charge in [-0.25, -0.2) is 4.79 Å². The summed E-state index contributed by atoms with van der Waals surface area (Å²) < 4.78 is 22.4. The van der Waals surface area contributed by atoms with Crippen LogP contribution in [0.5, 0.6) is 11.5 Å². The van der Waals surface area contributed by atoms with Crippen LogP contribution in [0.25, 0.3) is 0 Å². The standard InChI is InChI=1S/C18H26N2O6/c1-18(2)25-10-15(26-18)16-13(19-17(21)22)9-20(16)8-11-5-6-12(23-3)7-14(11)24-4/h5-7,13,15-16,19H,8-10H2,1-4H3,(H,21,22)/t13-,15?,16-/m0/s1. The predicted molar refractivity (Wildman–Crippen MR) is 93.6 cm³/mol. The van der Waals surface area contributed by atoms with E-state index < -0.39 is 11.9 Å². The van der Waals surface area contributed by atoms with Crippen molar-refractivity contribution in [2.75, 3.05) is 27.4 Å². The van der Waals surface area contributed by atoms with Gasteiger partial charge in [0.2, 0.25) is 0 Å². The molecule has 3 rings (SSSR count). The highest BCUT2D eigenvalue weighted by Gasteiger charge is 2.49. The van der Waals surface area contributed by atoms with E-state index in [1.54, 1.807) is 14.2 Å². The lowest BCUT2D eigenvalue weighted by molar-refractivity contribution is -0.157. The zero-order valence-corrected chi connectivity index (χ0v) is 15.5. The van der Waals surface area contributed by atoms with Crippen LogP contribution in [-0.4, -0.2) is 67.4 Å². The summed E-state index contributed by atoms with van der Waals surface area (Å²) in [5.74, 6) is 0.810. The number of nitrogens with zero attached hydrogens (tertiary/aromatic N) is 1. The topological polar surface area (TPSA) is 89.5 Å². The number of likely N-dealkylation sites (tertiary alicyclic amines) is 1. The Balaban J connectivity index is 1.75. The van der Waals surface area contributed by atoms with Gasteiger partial charge in [-0.15, -0.1) is 0 Å². The van der Waals surface area contributed by atoms with Gasteiger partial charge in [-0.3, -0.25) is 4.90 Å². The normalized spacial score (nSPS) is 27.6. The molecule has 1 aromatic rings. The molecule has 2 fully saturated rings. The lowest BCUT2D eigenvalue weighted by Gasteiger charge is -2.50. The lowest BCUT2D eigenvalue weighted by Crippen LogP contribution is -2.70. The zero-order valence-electron chi connectivity index (χ0n) is 15.5. The quantitative estimate of drug-likeness (QED) is 0.792.